The van der Waals surface area contributed by atoms with E-state index in [2.05, 4.69) is 14.9 Å². The van der Waals surface area contributed by atoms with E-state index in [1.165, 1.54) is 6.42 Å². The van der Waals surface area contributed by atoms with Crippen molar-refractivity contribution in [1.82, 2.24) is 14.9 Å². The number of rotatable bonds is 3. The highest BCUT2D eigenvalue weighted by atomic mass is 15.2. The van der Waals surface area contributed by atoms with Crippen molar-refractivity contribution in [2.45, 2.75) is 32.9 Å². The Balaban J connectivity index is 2.04. The second-order valence-corrected chi connectivity index (χ2v) is 4.22. The summed E-state index contributed by atoms with van der Waals surface area (Å²) < 4.78 is 0. The Morgan fingerprint density at radius 2 is 2.07 bits per heavy atom. The average Bonchev–Trinajstić information content (AvgIpc) is 2.12. The number of aromatic nitrogens is 2. The zero-order valence-corrected chi connectivity index (χ0v) is 9.40. The number of hydrogen-bond donors (Lipinski definition) is 1. The number of nitrogens with two attached hydrogens (primary N) is 1. The lowest BCUT2D eigenvalue weighted by Crippen LogP contribution is -2.51. The number of likely N-dealkylation sites (tertiary alicyclic amines) is 1. The topological polar surface area (TPSA) is 55.0 Å². The van der Waals surface area contributed by atoms with E-state index in [4.69, 9.17) is 5.73 Å². The average molecular weight is 206 g/mol. The zero-order valence-electron chi connectivity index (χ0n) is 9.40. The van der Waals surface area contributed by atoms with E-state index in [1.54, 1.807) is 0 Å². The van der Waals surface area contributed by atoms with E-state index in [1.807, 2.05) is 19.9 Å². The van der Waals surface area contributed by atoms with Gasteiger partial charge in [-0.15, -0.1) is 0 Å². The standard InChI is InChI=1S/C11H18N4/c1-8-5-9(2)14-11(13-8)7-15-4-3-10(15)6-12/h5,10H,3-4,6-7,12H2,1-2H3. The maximum Gasteiger partial charge on any atom is 0.142 e. The lowest BCUT2D eigenvalue weighted by Gasteiger charge is -2.39. The third-order valence-corrected chi connectivity index (χ3v) is 2.91. The molecule has 1 unspecified atom stereocenters. The van der Waals surface area contributed by atoms with Crippen molar-refractivity contribution in [2.75, 3.05) is 13.1 Å². The van der Waals surface area contributed by atoms with Gasteiger partial charge in [0.15, 0.2) is 0 Å². The molecule has 82 valence electrons. The molecule has 0 radical (unpaired) electrons. The summed E-state index contributed by atoms with van der Waals surface area (Å²) in [6, 6.07) is 2.54. The minimum Gasteiger partial charge on any atom is -0.329 e. The first-order valence-electron chi connectivity index (χ1n) is 5.44. The van der Waals surface area contributed by atoms with Gasteiger partial charge in [0.1, 0.15) is 5.82 Å². The van der Waals surface area contributed by atoms with Crippen molar-refractivity contribution >= 4 is 0 Å². The minimum absolute atomic E-state index is 0.536. The monoisotopic (exact) mass is 206 g/mol. The molecule has 1 saturated heterocycles. The van der Waals surface area contributed by atoms with Crippen molar-refractivity contribution in [1.29, 1.82) is 0 Å². The molecule has 0 amide bonds. The fourth-order valence-corrected chi connectivity index (χ4v) is 2.02. The van der Waals surface area contributed by atoms with E-state index in [9.17, 15) is 0 Å². The molecule has 2 heterocycles. The summed E-state index contributed by atoms with van der Waals surface area (Å²) in [7, 11) is 0. The molecule has 1 atom stereocenters. The SMILES string of the molecule is Cc1cc(C)nc(CN2CCC2CN)n1. The Morgan fingerprint density at radius 3 is 2.53 bits per heavy atom. The van der Waals surface area contributed by atoms with Crippen molar-refractivity contribution in [2.24, 2.45) is 5.73 Å². The molecule has 4 heteroatoms. The van der Waals surface area contributed by atoms with Crippen LogP contribution in [-0.4, -0.2) is 34.0 Å². The van der Waals surface area contributed by atoms with Gasteiger partial charge in [-0.3, -0.25) is 4.90 Å². The Hall–Kier alpha value is -1.00. The van der Waals surface area contributed by atoms with Crippen LogP contribution in [0.1, 0.15) is 23.6 Å². The zero-order chi connectivity index (χ0) is 10.8. The van der Waals surface area contributed by atoms with E-state index < -0.39 is 0 Å². The van der Waals surface area contributed by atoms with Crippen molar-refractivity contribution in [3.05, 3.63) is 23.3 Å². The summed E-state index contributed by atoms with van der Waals surface area (Å²) in [6.45, 7) is 6.72. The van der Waals surface area contributed by atoms with Crippen LogP contribution in [0.4, 0.5) is 0 Å². The second kappa shape index (κ2) is 4.24. The van der Waals surface area contributed by atoms with Crippen LogP contribution in [0.25, 0.3) is 0 Å². The molecule has 0 aliphatic carbocycles. The van der Waals surface area contributed by atoms with Crippen molar-refractivity contribution in [3.8, 4) is 0 Å². The molecule has 4 nitrogen and oxygen atoms in total. The summed E-state index contributed by atoms with van der Waals surface area (Å²) in [5.74, 6) is 0.922. The smallest absolute Gasteiger partial charge is 0.142 e. The molecule has 0 saturated carbocycles. The quantitative estimate of drug-likeness (QED) is 0.788. The first kappa shape index (κ1) is 10.5. The van der Waals surface area contributed by atoms with Crippen LogP contribution in [0.2, 0.25) is 0 Å². The van der Waals surface area contributed by atoms with E-state index in [-0.39, 0.29) is 0 Å². The van der Waals surface area contributed by atoms with Gasteiger partial charge in [-0.05, 0) is 26.3 Å². The van der Waals surface area contributed by atoms with Gasteiger partial charge in [-0.25, -0.2) is 9.97 Å². The van der Waals surface area contributed by atoms with E-state index >= 15 is 0 Å². The third-order valence-electron chi connectivity index (χ3n) is 2.91. The van der Waals surface area contributed by atoms with Crippen molar-refractivity contribution < 1.29 is 0 Å². The predicted octanol–water partition coefficient (Wildman–Crippen LogP) is 0.626. The van der Waals surface area contributed by atoms with Gasteiger partial charge in [-0.2, -0.15) is 0 Å². The first-order chi connectivity index (χ1) is 7.19. The van der Waals surface area contributed by atoms with Gasteiger partial charge in [0.2, 0.25) is 0 Å². The van der Waals surface area contributed by atoms with Crippen LogP contribution in [0, 0.1) is 13.8 Å². The molecule has 1 aromatic heterocycles. The van der Waals surface area contributed by atoms with Crippen LogP contribution in [0.5, 0.6) is 0 Å². The fourth-order valence-electron chi connectivity index (χ4n) is 2.02. The maximum atomic E-state index is 5.66. The van der Waals surface area contributed by atoms with Crippen LogP contribution in [0.15, 0.2) is 6.07 Å². The molecule has 0 aromatic carbocycles. The second-order valence-electron chi connectivity index (χ2n) is 4.22. The van der Waals surface area contributed by atoms with Gasteiger partial charge in [0.25, 0.3) is 0 Å². The van der Waals surface area contributed by atoms with Crippen LogP contribution in [-0.2, 0) is 6.54 Å². The van der Waals surface area contributed by atoms with Crippen LogP contribution >= 0.6 is 0 Å². The molecule has 1 aromatic rings. The summed E-state index contributed by atoms with van der Waals surface area (Å²) in [6.07, 6.45) is 1.21. The van der Waals surface area contributed by atoms with Gasteiger partial charge >= 0.3 is 0 Å². The Labute approximate surface area is 90.5 Å². The molecular weight excluding hydrogens is 188 g/mol. The molecule has 1 fully saturated rings. The van der Waals surface area contributed by atoms with Gasteiger partial charge in [0, 0.05) is 30.5 Å². The van der Waals surface area contributed by atoms with Gasteiger partial charge < -0.3 is 5.73 Å². The van der Waals surface area contributed by atoms with Gasteiger partial charge in [-0.1, -0.05) is 0 Å². The molecule has 0 bridgehead atoms. The lowest BCUT2D eigenvalue weighted by atomic mass is 10.0. The fraction of sp³-hybridized carbons (Fsp3) is 0.636. The molecule has 1 aliphatic heterocycles. The molecule has 2 rings (SSSR count). The predicted molar refractivity (Wildman–Crippen MR) is 59.4 cm³/mol. The Morgan fingerprint density at radius 1 is 1.40 bits per heavy atom. The molecule has 0 spiro atoms. The van der Waals surface area contributed by atoms with Crippen molar-refractivity contribution in [3.63, 3.8) is 0 Å². The molecule has 1 aliphatic rings. The van der Waals surface area contributed by atoms with Crippen LogP contribution < -0.4 is 5.73 Å². The highest BCUT2D eigenvalue weighted by molar-refractivity contribution is 5.08. The van der Waals surface area contributed by atoms with Gasteiger partial charge in [0.05, 0.1) is 6.54 Å². The summed E-state index contributed by atoms with van der Waals surface area (Å²) in [5, 5.41) is 0. The molecular formula is C11H18N4. The number of aryl methyl sites for hydroxylation is 2. The largest absolute Gasteiger partial charge is 0.329 e. The van der Waals surface area contributed by atoms with Crippen LogP contribution in [0.3, 0.4) is 0 Å². The summed E-state index contributed by atoms with van der Waals surface area (Å²) in [5.41, 5.74) is 7.74. The third kappa shape index (κ3) is 2.33. The Kier molecular flexibility index (Phi) is 2.98. The highest BCUT2D eigenvalue weighted by Crippen LogP contribution is 2.18. The van der Waals surface area contributed by atoms with E-state index in [0.29, 0.717) is 6.04 Å². The summed E-state index contributed by atoms with van der Waals surface area (Å²) in [4.78, 5) is 11.2. The maximum absolute atomic E-state index is 5.66. The lowest BCUT2D eigenvalue weighted by molar-refractivity contribution is 0.0849. The minimum atomic E-state index is 0.536. The molecule has 15 heavy (non-hydrogen) atoms. The highest BCUT2D eigenvalue weighted by Gasteiger charge is 2.26. The summed E-state index contributed by atoms with van der Waals surface area (Å²) >= 11 is 0. The molecule has 2 N–H and O–H groups in total. The normalized spacial score (nSPS) is 21.4. The number of nitrogens with zero attached hydrogens (tertiary/aromatic N) is 3. The first-order valence-corrected chi connectivity index (χ1v) is 5.44. The van der Waals surface area contributed by atoms with E-state index in [0.717, 1.165) is 36.8 Å². The Bertz CT molecular complexity index is 328. The number of hydrogen-bond acceptors (Lipinski definition) is 4.